The van der Waals surface area contributed by atoms with E-state index >= 15 is 0 Å². The Labute approximate surface area is 119 Å². The van der Waals surface area contributed by atoms with Crippen molar-refractivity contribution in [2.45, 2.75) is 6.42 Å². The van der Waals surface area contributed by atoms with E-state index in [1.165, 1.54) is 0 Å². The van der Waals surface area contributed by atoms with Gasteiger partial charge in [-0.15, -0.1) is 0 Å². The fourth-order valence-electron chi connectivity index (χ4n) is 2.01. The van der Waals surface area contributed by atoms with E-state index in [2.05, 4.69) is 10.3 Å². The molecule has 4 nitrogen and oxygen atoms in total. The molecule has 20 heavy (non-hydrogen) atoms. The van der Waals surface area contributed by atoms with Gasteiger partial charge in [0, 0.05) is 5.69 Å². The van der Waals surface area contributed by atoms with Gasteiger partial charge in [0.25, 0.3) is 0 Å². The van der Waals surface area contributed by atoms with E-state index in [0.29, 0.717) is 12.1 Å². The summed E-state index contributed by atoms with van der Waals surface area (Å²) >= 11 is 1.13. The molecular formula is C15H12N2O2S. The number of amides is 1. The normalized spacial score (nSPS) is 10.6. The van der Waals surface area contributed by atoms with Crippen molar-refractivity contribution >= 4 is 33.1 Å². The van der Waals surface area contributed by atoms with Gasteiger partial charge < -0.3 is 10.3 Å². The van der Waals surface area contributed by atoms with Crippen LogP contribution in [0.25, 0.3) is 10.2 Å². The van der Waals surface area contributed by atoms with Gasteiger partial charge in [-0.25, -0.2) is 0 Å². The zero-order valence-electron chi connectivity index (χ0n) is 10.6. The molecule has 1 aromatic heterocycles. The fourth-order valence-corrected chi connectivity index (χ4v) is 2.79. The lowest BCUT2D eigenvalue weighted by atomic mass is 10.1. The molecule has 1 amide bonds. The summed E-state index contributed by atoms with van der Waals surface area (Å²) in [5, 5.41) is 2.84. The molecule has 0 aliphatic rings. The Hall–Kier alpha value is -2.40. The van der Waals surface area contributed by atoms with Crippen LogP contribution in [0.1, 0.15) is 5.56 Å². The number of aromatic nitrogens is 1. The number of nitrogens with one attached hydrogen (secondary N) is 2. The van der Waals surface area contributed by atoms with Crippen molar-refractivity contribution in [2.24, 2.45) is 0 Å². The highest BCUT2D eigenvalue weighted by atomic mass is 32.1. The molecule has 0 fully saturated rings. The molecule has 0 atom stereocenters. The Bertz CT molecular complexity index is 805. The minimum Gasteiger partial charge on any atom is -0.326 e. The molecule has 5 heteroatoms. The van der Waals surface area contributed by atoms with Crippen molar-refractivity contribution in [2.75, 3.05) is 5.32 Å². The summed E-state index contributed by atoms with van der Waals surface area (Å²) in [7, 11) is 0. The summed E-state index contributed by atoms with van der Waals surface area (Å²) < 4.78 is 0.840. The van der Waals surface area contributed by atoms with Crippen molar-refractivity contribution in [1.29, 1.82) is 0 Å². The van der Waals surface area contributed by atoms with Crippen molar-refractivity contribution in [3.8, 4) is 0 Å². The lowest BCUT2D eigenvalue weighted by Gasteiger charge is -2.05. The number of carbonyl (C=O) groups is 1. The maximum Gasteiger partial charge on any atom is 0.305 e. The molecule has 1 heterocycles. The first-order valence-corrected chi connectivity index (χ1v) is 6.99. The highest BCUT2D eigenvalue weighted by Crippen LogP contribution is 2.19. The highest BCUT2D eigenvalue weighted by molar-refractivity contribution is 7.16. The number of fused-ring (bicyclic) bond motifs is 1. The smallest absolute Gasteiger partial charge is 0.305 e. The van der Waals surface area contributed by atoms with E-state index in [-0.39, 0.29) is 10.8 Å². The summed E-state index contributed by atoms with van der Waals surface area (Å²) in [4.78, 5) is 25.8. The maximum atomic E-state index is 11.9. The molecule has 0 saturated heterocycles. The first-order valence-electron chi connectivity index (χ1n) is 6.17. The second-order valence-corrected chi connectivity index (χ2v) is 5.45. The minimum absolute atomic E-state index is 0.0709. The van der Waals surface area contributed by atoms with Gasteiger partial charge in [0.2, 0.25) is 5.91 Å². The number of hydrogen-bond donors (Lipinski definition) is 2. The van der Waals surface area contributed by atoms with E-state index in [4.69, 9.17) is 0 Å². The largest absolute Gasteiger partial charge is 0.326 e. The van der Waals surface area contributed by atoms with Gasteiger partial charge in [-0.1, -0.05) is 41.7 Å². The summed E-state index contributed by atoms with van der Waals surface area (Å²) in [5.74, 6) is -0.0709. The quantitative estimate of drug-likeness (QED) is 0.777. The van der Waals surface area contributed by atoms with Crippen molar-refractivity contribution in [3.63, 3.8) is 0 Å². The van der Waals surface area contributed by atoms with Crippen LogP contribution in [-0.4, -0.2) is 10.9 Å². The van der Waals surface area contributed by atoms with E-state index in [1.807, 2.05) is 30.3 Å². The predicted octanol–water partition coefficient (Wildman–Crippen LogP) is 2.77. The van der Waals surface area contributed by atoms with E-state index in [1.54, 1.807) is 18.2 Å². The zero-order valence-corrected chi connectivity index (χ0v) is 11.4. The standard InChI is InChI=1S/C15H12N2O2S/c18-14(8-10-4-2-1-3-5-10)16-11-6-7-12-13(9-11)20-15(19)17-12/h1-7,9H,8H2,(H,16,18)(H,17,19). The van der Waals surface area contributed by atoms with Crippen LogP contribution in [0, 0.1) is 0 Å². The van der Waals surface area contributed by atoms with E-state index in [9.17, 15) is 9.59 Å². The van der Waals surface area contributed by atoms with Gasteiger partial charge in [0.1, 0.15) is 0 Å². The molecular weight excluding hydrogens is 272 g/mol. The first kappa shape index (κ1) is 12.6. The van der Waals surface area contributed by atoms with Gasteiger partial charge in [-0.3, -0.25) is 9.59 Å². The number of aromatic amines is 1. The van der Waals surface area contributed by atoms with Crippen LogP contribution in [-0.2, 0) is 11.2 Å². The van der Waals surface area contributed by atoms with Gasteiger partial charge >= 0.3 is 4.87 Å². The number of benzene rings is 2. The minimum atomic E-state index is -0.0900. The highest BCUT2D eigenvalue weighted by Gasteiger charge is 2.05. The molecule has 0 radical (unpaired) electrons. The van der Waals surface area contributed by atoms with Crippen molar-refractivity contribution in [1.82, 2.24) is 4.98 Å². The molecule has 0 aliphatic carbocycles. The Morgan fingerprint density at radius 2 is 1.95 bits per heavy atom. The second-order valence-electron chi connectivity index (χ2n) is 4.44. The fraction of sp³-hybridized carbons (Fsp3) is 0.0667. The van der Waals surface area contributed by atoms with Crippen LogP contribution in [0.4, 0.5) is 5.69 Å². The van der Waals surface area contributed by atoms with Gasteiger partial charge in [0.05, 0.1) is 16.6 Å². The third-order valence-corrected chi connectivity index (χ3v) is 3.76. The monoisotopic (exact) mass is 284 g/mol. The summed E-state index contributed by atoms with van der Waals surface area (Å²) in [6, 6.07) is 15.0. The maximum absolute atomic E-state index is 11.9. The molecule has 0 unspecified atom stereocenters. The Morgan fingerprint density at radius 1 is 1.15 bits per heavy atom. The summed E-state index contributed by atoms with van der Waals surface area (Å²) in [5.41, 5.74) is 2.46. The number of rotatable bonds is 3. The lowest BCUT2D eigenvalue weighted by Crippen LogP contribution is -2.14. The SMILES string of the molecule is O=C(Cc1ccccc1)Nc1ccc2[nH]c(=O)sc2c1. The number of carbonyl (C=O) groups excluding carboxylic acids is 1. The van der Waals surface area contributed by atoms with E-state index in [0.717, 1.165) is 27.1 Å². The molecule has 3 aromatic rings. The summed E-state index contributed by atoms with van der Waals surface area (Å²) in [6.07, 6.45) is 0.336. The van der Waals surface area contributed by atoms with Crippen LogP contribution in [0.15, 0.2) is 53.3 Å². The van der Waals surface area contributed by atoms with Gasteiger partial charge in [-0.2, -0.15) is 0 Å². The molecule has 0 spiro atoms. The second kappa shape index (κ2) is 5.30. The first-order chi connectivity index (χ1) is 9.70. The Morgan fingerprint density at radius 3 is 2.75 bits per heavy atom. The molecule has 2 N–H and O–H groups in total. The molecule has 100 valence electrons. The Balaban J connectivity index is 1.75. The molecule has 0 aliphatic heterocycles. The topological polar surface area (TPSA) is 62.0 Å². The number of hydrogen-bond acceptors (Lipinski definition) is 3. The third-order valence-electron chi connectivity index (χ3n) is 2.91. The van der Waals surface area contributed by atoms with Crippen LogP contribution < -0.4 is 10.2 Å². The van der Waals surface area contributed by atoms with Crippen molar-refractivity contribution < 1.29 is 4.79 Å². The molecule has 0 bridgehead atoms. The lowest BCUT2D eigenvalue weighted by molar-refractivity contribution is -0.115. The zero-order chi connectivity index (χ0) is 13.9. The van der Waals surface area contributed by atoms with Gasteiger partial charge in [-0.05, 0) is 23.8 Å². The van der Waals surface area contributed by atoms with Crippen LogP contribution in [0.3, 0.4) is 0 Å². The summed E-state index contributed by atoms with van der Waals surface area (Å²) in [6.45, 7) is 0. The Kier molecular flexibility index (Phi) is 3.35. The van der Waals surface area contributed by atoms with Crippen LogP contribution in [0.2, 0.25) is 0 Å². The molecule has 2 aromatic carbocycles. The van der Waals surface area contributed by atoms with Gasteiger partial charge in [0.15, 0.2) is 0 Å². The number of anilines is 1. The molecule has 3 rings (SSSR count). The van der Waals surface area contributed by atoms with E-state index < -0.39 is 0 Å². The number of thiazole rings is 1. The average molecular weight is 284 g/mol. The number of H-pyrrole nitrogens is 1. The van der Waals surface area contributed by atoms with Crippen molar-refractivity contribution in [3.05, 3.63) is 63.8 Å². The van der Waals surface area contributed by atoms with Crippen LogP contribution in [0.5, 0.6) is 0 Å². The average Bonchev–Trinajstić information content (AvgIpc) is 2.79. The molecule has 0 saturated carbocycles. The van der Waals surface area contributed by atoms with Crippen LogP contribution >= 0.6 is 11.3 Å². The predicted molar refractivity (Wildman–Crippen MR) is 81.2 cm³/mol. The third kappa shape index (κ3) is 2.78.